The van der Waals surface area contributed by atoms with Crippen molar-refractivity contribution in [2.75, 3.05) is 19.6 Å². The monoisotopic (exact) mass is 210 g/mol. The predicted octanol–water partition coefficient (Wildman–Crippen LogP) is 1.15. The van der Waals surface area contributed by atoms with Crippen LogP contribution in [-0.4, -0.2) is 25.5 Å². The molecule has 15 heavy (non-hydrogen) atoms. The summed E-state index contributed by atoms with van der Waals surface area (Å²) in [6, 6.07) is 0. The zero-order valence-corrected chi connectivity index (χ0v) is 9.59. The largest absolute Gasteiger partial charge is 0.355 e. The minimum atomic E-state index is 0.318. The Morgan fingerprint density at radius 3 is 2.27 bits per heavy atom. The highest BCUT2D eigenvalue weighted by Gasteiger charge is 2.45. The summed E-state index contributed by atoms with van der Waals surface area (Å²) in [4.78, 5) is 11.9. The molecule has 2 aliphatic rings. The van der Waals surface area contributed by atoms with Crippen LogP contribution in [0.3, 0.4) is 0 Å². The lowest BCUT2D eigenvalue weighted by Gasteiger charge is -2.15. The zero-order chi connectivity index (χ0) is 10.7. The molecule has 86 valence electrons. The molecule has 0 heterocycles. The number of amides is 1. The van der Waals surface area contributed by atoms with E-state index in [1.165, 1.54) is 25.7 Å². The van der Waals surface area contributed by atoms with Gasteiger partial charge in [0.05, 0.1) is 0 Å². The molecular formula is C12H22N2O. The van der Waals surface area contributed by atoms with Crippen LogP contribution in [0.25, 0.3) is 0 Å². The summed E-state index contributed by atoms with van der Waals surface area (Å²) in [6.07, 6.45) is 5.12. The van der Waals surface area contributed by atoms with Crippen molar-refractivity contribution < 1.29 is 4.79 Å². The molecule has 0 radical (unpaired) electrons. The molecular weight excluding hydrogens is 188 g/mol. The van der Waals surface area contributed by atoms with Crippen LogP contribution in [0.5, 0.6) is 0 Å². The first kappa shape index (κ1) is 10.9. The molecule has 1 amide bonds. The molecule has 2 saturated carbocycles. The minimum absolute atomic E-state index is 0.318. The van der Waals surface area contributed by atoms with Gasteiger partial charge in [0.15, 0.2) is 0 Å². The maximum Gasteiger partial charge on any atom is 0.223 e. The molecule has 0 aromatic rings. The van der Waals surface area contributed by atoms with Crippen LogP contribution in [0.1, 0.15) is 32.6 Å². The van der Waals surface area contributed by atoms with E-state index in [0.29, 0.717) is 11.8 Å². The van der Waals surface area contributed by atoms with E-state index in [9.17, 15) is 4.79 Å². The first-order valence-corrected chi connectivity index (χ1v) is 6.31. The van der Waals surface area contributed by atoms with Gasteiger partial charge in [0.1, 0.15) is 0 Å². The number of hydrogen-bond donors (Lipinski definition) is 2. The fraction of sp³-hybridized carbons (Fsp3) is 0.917. The van der Waals surface area contributed by atoms with Gasteiger partial charge in [-0.2, -0.15) is 0 Å². The molecule has 3 heteroatoms. The number of hydrogen-bond acceptors (Lipinski definition) is 2. The van der Waals surface area contributed by atoms with Crippen LogP contribution >= 0.6 is 0 Å². The lowest BCUT2D eigenvalue weighted by Crippen LogP contribution is -2.37. The Bertz CT molecular complexity index is 210. The first-order valence-electron chi connectivity index (χ1n) is 6.31. The molecule has 2 fully saturated rings. The second-order valence-electron chi connectivity index (χ2n) is 4.85. The van der Waals surface area contributed by atoms with E-state index >= 15 is 0 Å². The molecule has 2 rings (SSSR count). The van der Waals surface area contributed by atoms with Gasteiger partial charge in [-0.15, -0.1) is 0 Å². The zero-order valence-electron chi connectivity index (χ0n) is 9.59. The van der Waals surface area contributed by atoms with Gasteiger partial charge >= 0.3 is 0 Å². The van der Waals surface area contributed by atoms with Crippen molar-refractivity contribution in [3.05, 3.63) is 0 Å². The summed E-state index contributed by atoms with van der Waals surface area (Å²) in [5, 5.41) is 6.28. The Labute approximate surface area is 92.0 Å². The molecule has 0 aromatic heterocycles. The highest BCUT2D eigenvalue weighted by Crippen LogP contribution is 2.49. The second-order valence-corrected chi connectivity index (χ2v) is 4.85. The van der Waals surface area contributed by atoms with Gasteiger partial charge in [0.2, 0.25) is 5.91 Å². The maximum atomic E-state index is 11.9. The van der Waals surface area contributed by atoms with Crippen LogP contribution in [0.2, 0.25) is 0 Å². The van der Waals surface area contributed by atoms with Gasteiger partial charge in [0, 0.05) is 19.0 Å². The second kappa shape index (κ2) is 4.97. The fourth-order valence-corrected chi connectivity index (χ4v) is 2.29. The number of rotatable bonds is 7. The van der Waals surface area contributed by atoms with E-state index in [4.69, 9.17) is 0 Å². The number of carbonyl (C=O) groups excluding carboxylic acids is 1. The average molecular weight is 210 g/mol. The van der Waals surface area contributed by atoms with E-state index in [2.05, 4.69) is 17.6 Å². The molecule has 0 atom stereocenters. The topological polar surface area (TPSA) is 41.1 Å². The molecule has 3 nitrogen and oxygen atoms in total. The summed E-state index contributed by atoms with van der Waals surface area (Å²) >= 11 is 0. The van der Waals surface area contributed by atoms with Gasteiger partial charge in [-0.05, 0) is 44.1 Å². The molecule has 0 bridgehead atoms. The van der Waals surface area contributed by atoms with Gasteiger partial charge in [-0.1, -0.05) is 6.92 Å². The Balaban J connectivity index is 1.68. The average Bonchev–Trinajstić information content (AvgIpc) is 3.05. The van der Waals surface area contributed by atoms with Crippen molar-refractivity contribution in [1.82, 2.24) is 10.6 Å². The molecule has 0 spiro atoms. The number of nitrogens with one attached hydrogen (secondary N) is 2. The summed E-state index contributed by atoms with van der Waals surface area (Å²) in [5.74, 6) is 2.11. The van der Waals surface area contributed by atoms with Gasteiger partial charge in [-0.25, -0.2) is 0 Å². The van der Waals surface area contributed by atoms with E-state index in [-0.39, 0.29) is 0 Å². The van der Waals surface area contributed by atoms with Gasteiger partial charge < -0.3 is 10.6 Å². The number of likely N-dealkylation sites (N-methyl/N-ethyl adjacent to an activating group) is 1. The molecule has 0 aromatic carbocycles. The lowest BCUT2D eigenvalue weighted by molar-refractivity contribution is -0.126. The SMILES string of the molecule is CCNCCNC(=O)C(C1CC1)C1CC1. The Kier molecular flexibility index (Phi) is 3.62. The van der Waals surface area contributed by atoms with Gasteiger partial charge in [-0.3, -0.25) is 4.79 Å². The standard InChI is InChI=1S/C12H22N2O/c1-2-13-7-8-14-12(15)11(9-3-4-9)10-5-6-10/h9-11,13H,2-8H2,1H3,(H,14,15). The van der Waals surface area contributed by atoms with E-state index < -0.39 is 0 Å². The molecule has 2 N–H and O–H groups in total. The summed E-state index contributed by atoms with van der Waals surface area (Å²) in [7, 11) is 0. The third kappa shape index (κ3) is 3.20. The van der Waals surface area contributed by atoms with Crippen LogP contribution in [0.15, 0.2) is 0 Å². The van der Waals surface area contributed by atoms with Crippen molar-refractivity contribution in [3.63, 3.8) is 0 Å². The quantitative estimate of drug-likeness (QED) is 0.619. The minimum Gasteiger partial charge on any atom is -0.355 e. The molecule has 0 aliphatic heterocycles. The van der Waals surface area contributed by atoms with E-state index in [1.807, 2.05) is 0 Å². The summed E-state index contributed by atoms with van der Waals surface area (Å²) < 4.78 is 0. The van der Waals surface area contributed by atoms with Crippen LogP contribution in [0.4, 0.5) is 0 Å². The first-order chi connectivity index (χ1) is 7.33. The van der Waals surface area contributed by atoms with Crippen LogP contribution < -0.4 is 10.6 Å². The number of carbonyl (C=O) groups is 1. The Morgan fingerprint density at radius 2 is 1.80 bits per heavy atom. The summed E-state index contributed by atoms with van der Waals surface area (Å²) in [5.41, 5.74) is 0. The molecule has 0 saturated heterocycles. The third-order valence-electron chi connectivity index (χ3n) is 3.41. The molecule has 2 aliphatic carbocycles. The van der Waals surface area contributed by atoms with E-state index in [1.54, 1.807) is 0 Å². The van der Waals surface area contributed by atoms with Crippen LogP contribution in [-0.2, 0) is 4.79 Å². The van der Waals surface area contributed by atoms with Crippen molar-refractivity contribution in [2.24, 2.45) is 17.8 Å². The molecule has 0 unspecified atom stereocenters. The van der Waals surface area contributed by atoms with Crippen molar-refractivity contribution in [1.29, 1.82) is 0 Å². The predicted molar refractivity (Wildman–Crippen MR) is 60.5 cm³/mol. The highest BCUT2D eigenvalue weighted by molar-refractivity contribution is 5.80. The third-order valence-corrected chi connectivity index (χ3v) is 3.41. The lowest BCUT2D eigenvalue weighted by atomic mass is 9.97. The van der Waals surface area contributed by atoms with Crippen molar-refractivity contribution >= 4 is 5.91 Å². The normalized spacial score (nSPS) is 20.7. The fourth-order valence-electron chi connectivity index (χ4n) is 2.29. The highest BCUT2D eigenvalue weighted by atomic mass is 16.1. The smallest absolute Gasteiger partial charge is 0.223 e. The summed E-state index contributed by atoms with van der Waals surface area (Å²) in [6.45, 7) is 4.73. The maximum absolute atomic E-state index is 11.9. The Morgan fingerprint density at radius 1 is 1.20 bits per heavy atom. The van der Waals surface area contributed by atoms with E-state index in [0.717, 1.165) is 31.5 Å². The van der Waals surface area contributed by atoms with Crippen molar-refractivity contribution in [2.45, 2.75) is 32.6 Å². The van der Waals surface area contributed by atoms with Crippen LogP contribution in [0, 0.1) is 17.8 Å². The Hall–Kier alpha value is -0.570. The van der Waals surface area contributed by atoms with Crippen molar-refractivity contribution in [3.8, 4) is 0 Å². The van der Waals surface area contributed by atoms with Gasteiger partial charge in [0.25, 0.3) is 0 Å².